The number of hydrogen-bond donors (Lipinski definition) is 1. The molecule has 2 unspecified atom stereocenters. The first-order chi connectivity index (χ1) is 12.1. The molecule has 0 saturated heterocycles. The fourth-order valence-electron chi connectivity index (χ4n) is 4.72. The highest BCUT2D eigenvalue weighted by Gasteiger charge is 2.67. The maximum absolute atomic E-state index is 13.2. The summed E-state index contributed by atoms with van der Waals surface area (Å²) >= 11 is 0. The van der Waals surface area contributed by atoms with E-state index in [1.54, 1.807) is 26.4 Å². The van der Waals surface area contributed by atoms with Crippen LogP contribution in [0.2, 0.25) is 0 Å². The minimum atomic E-state index is -4.26. The first-order valence-electron chi connectivity index (χ1n) is 8.49. The molecule has 142 valence electrons. The van der Waals surface area contributed by atoms with Crippen LogP contribution >= 0.6 is 0 Å². The van der Waals surface area contributed by atoms with Gasteiger partial charge in [0, 0.05) is 5.57 Å². The lowest BCUT2D eigenvalue weighted by atomic mass is 9.70. The molecule has 0 spiro atoms. The van der Waals surface area contributed by atoms with Crippen LogP contribution in [0.15, 0.2) is 23.8 Å². The van der Waals surface area contributed by atoms with Gasteiger partial charge in [0.2, 0.25) is 0 Å². The molecule has 2 fully saturated rings. The molecule has 2 aliphatic rings. The number of allylic oxidation sites excluding steroid dienone is 1. The highest BCUT2D eigenvalue weighted by atomic mass is 32.2. The van der Waals surface area contributed by atoms with E-state index in [9.17, 15) is 17.8 Å². The molecule has 2 saturated carbocycles. The van der Waals surface area contributed by atoms with Gasteiger partial charge < -0.3 is 9.47 Å². The molecule has 2 bridgehead atoms. The summed E-state index contributed by atoms with van der Waals surface area (Å²) < 4.78 is 43.1. The van der Waals surface area contributed by atoms with E-state index in [2.05, 4.69) is 0 Å². The summed E-state index contributed by atoms with van der Waals surface area (Å²) in [4.78, 5) is 13.2. The fraction of sp³-hybridized carbons (Fsp3) is 0.526. The van der Waals surface area contributed by atoms with E-state index in [1.165, 1.54) is 0 Å². The highest BCUT2D eigenvalue weighted by molar-refractivity contribution is 7.85. The molecule has 1 aromatic rings. The SMILES string of the molecule is COc1ccc(C=C2C(=O)C3(CS(=O)(=O)O)CCC2C3(C)C)cc1OC. The summed E-state index contributed by atoms with van der Waals surface area (Å²) in [7, 11) is -1.16. The number of fused-ring (bicyclic) bond motifs is 2. The van der Waals surface area contributed by atoms with Gasteiger partial charge in [-0.15, -0.1) is 0 Å². The van der Waals surface area contributed by atoms with Crippen LogP contribution in [0.4, 0.5) is 0 Å². The minimum absolute atomic E-state index is 0.0372. The van der Waals surface area contributed by atoms with Gasteiger partial charge in [-0.25, -0.2) is 0 Å². The summed E-state index contributed by atoms with van der Waals surface area (Å²) in [6.45, 7) is 3.84. The van der Waals surface area contributed by atoms with Gasteiger partial charge >= 0.3 is 0 Å². The zero-order valence-electron chi connectivity index (χ0n) is 15.4. The minimum Gasteiger partial charge on any atom is -0.493 e. The average Bonchev–Trinajstić information content (AvgIpc) is 2.88. The Bertz CT molecular complexity index is 883. The van der Waals surface area contributed by atoms with Gasteiger partial charge in [-0.05, 0) is 47.9 Å². The topological polar surface area (TPSA) is 89.9 Å². The average molecular weight is 380 g/mol. The van der Waals surface area contributed by atoms with Crippen molar-refractivity contribution in [3.63, 3.8) is 0 Å². The molecule has 26 heavy (non-hydrogen) atoms. The van der Waals surface area contributed by atoms with Crippen molar-refractivity contribution in [3.05, 3.63) is 29.3 Å². The molecule has 1 aromatic carbocycles. The number of ether oxygens (including phenoxy) is 2. The Labute approximate surface area is 153 Å². The number of ketones is 1. The Morgan fingerprint density at radius 3 is 2.46 bits per heavy atom. The maximum atomic E-state index is 13.2. The van der Waals surface area contributed by atoms with Gasteiger partial charge in [-0.1, -0.05) is 19.9 Å². The molecule has 2 atom stereocenters. The normalized spacial score (nSPS) is 28.6. The molecule has 7 heteroatoms. The molecular formula is C19H24O6S. The van der Waals surface area contributed by atoms with E-state index in [-0.39, 0.29) is 11.7 Å². The lowest BCUT2D eigenvalue weighted by molar-refractivity contribution is -0.125. The zero-order chi connectivity index (χ0) is 19.3. The van der Waals surface area contributed by atoms with Crippen LogP contribution in [-0.4, -0.2) is 38.7 Å². The number of benzene rings is 1. The molecular weight excluding hydrogens is 356 g/mol. The molecule has 0 heterocycles. The molecule has 0 aromatic heterocycles. The van der Waals surface area contributed by atoms with Crippen molar-refractivity contribution in [2.75, 3.05) is 20.0 Å². The zero-order valence-corrected chi connectivity index (χ0v) is 16.2. The third-order valence-corrected chi connectivity index (χ3v) is 7.05. The van der Waals surface area contributed by atoms with Gasteiger partial charge in [0.15, 0.2) is 17.3 Å². The molecule has 0 amide bonds. The second-order valence-electron chi connectivity index (χ2n) is 7.66. The van der Waals surface area contributed by atoms with Crippen LogP contribution in [0.3, 0.4) is 0 Å². The quantitative estimate of drug-likeness (QED) is 0.624. The second kappa shape index (κ2) is 6.09. The van der Waals surface area contributed by atoms with Crippen molar-refractivity contribution in [2.45, 2.75) is 26.7 Å². The Kier molecular flexibility index (Phi) is 4.43. The van der Waals surface area contributed by atoms with Crippen LogP contribution in [0.1, 0.15) is 32.3 Å². The van der Waals surface area contributed by atoms with Crippen molar-refractivity contribution in [3.8, 4) is 11.5 Å². The van der Waals surface area contributed by atoms with Gasteiger partial charge in [-0.3, -0.25) is 9.35 Å². The molecule has 0 aliphatic heterocycles. The van der Waals surface area contributed by atoms with Gasteiger partial charge in [0.05, 0.1) is 25.4 Å². The smallest absolute Gasteiger partial charge is 0.265 e. The molecule has 1 N–H and O–H groups in total. The first-order valence-corrected chi connectivity index (χ1v) is 10.1. The standard InChI is InChI=1S/C19H24O6S/c1-18(2)14-7-8-19(18,11-26(21,22)23)17(20)13(14)9-12-5-6-15(24-3)16(10-12)25-4/h5-6,9-10,14H,7-8,11H2,1-4H3,(H,21,22,23). The number of methoxy groups -OCH3 is 2. The van der Waals surface area contributed by atoms with Gasteiger partial charge in [0.1, 0.15) is 0 Å². The number of hydrogen-bond acceptors (Lipinski definition) is 5. The number of Topliss-reactive ketones (excluding diaryl/α,β-unsaturated/α-hetero) is 1. The number of carbonyl (C=O) groups is 1. The Morgan fingerprint density at radius 1 is 1.23 bits per heavy atom. The third kappa shape index (κ3) is 2.74. The van der Waals surface area contributed by atoms with E-state index in [0.29, 0.717) is 23.5 Å². The van der Waals surface area contributed by atoms with Crippen molar-refractivity contribution in [1.82, 2.24) is 0 Å². The Balaban J connectivity index is 2.06. The van der Waals surface area contributed by atoms with E-state index in [1.807, 2.05) is 26.0 Å². The maximum Gasteiger partial charge on any atom is 0.265 e. The van der Waals surface area contributed by atoms with E-state index in [4.69, 9.17) is 9.47 Å². The van der Waals surface area contributed by atoms with Crippen LogP contribution in [-0.2, 0) is 14.9 Å². The van der Waals surface area contributed by atoms with Gasteiger partial charge in [-0.2, -0.15) is 8.42 Å². The van der Waals surface area contributed by atoms with Crippen LogP contribution in [0.5, 0.6) is 11.5 Å². The van der Waals surface area contributed by atoms with Crippen molar-refractivity contribution in [1.29, 1.82) is 0 Å². The Morgan fingerprint density at radius 2 is 1.88 bits per heavy atom. The first kappa shape index (κ1) is 18.9. The molecule has 2 aliphatic carbocycles. The van der Waals surface area contributed by atoms with E-state index >= 15 is 0 Å². The van der Waals surface area contributed by atoms with Crippen molar-refractivity contribution in [2.24, 2.45) is 16.7 Å². The Hall–Kier alpha value is -1.86. The van der Waals surface area contributed by atoms with Crippen LogP contribution in [0, 0.1) is 16.7 Å². The monoisotopic (exact) mass is 380 g/mol. The largest absolute Gasteiger partial charge is 0.493 e. The summed E-state index contributed by atoms with van der Waals surface area (Å²) in [6, 6.07) is 5.38. The lowest BCUT2D eigenvalue weighted by Gasteiger charge is -2.34. The molecule has 6 nitrogen and oxygen atoms in total. The van der Waals surface area contributed by atoms with Crippen molar-refractivity contribution < 1.29 is 27.2 Å². The number of rotatable bonds is 5. The van der Waals surface area contributed by atoms with Crippen LogP contribution < -0.4 is 9.47 Å². The van der Waals surface area contributed by atoms with E-state index < -0.39 is 26.7 Å². The summed E-state index contributed by atoms with van der Waals surface area (Å²) in [6.07, 6.45) is 3.02. The summed E-state index contributed by atoms with van der Waals surface area (Å²) in [5, 5.41) is 0. The predicted molar refractivity (Wildman–Crippen MR) is 97.9 cm³/mol. The fourth-order valence-corrected chi connectivity index (χ4v) is 5.99. The van der Waals surface area contributed by atoms with Crippen molar-refractivity contribution >= 4 is 22.0 Å². The lowest BCUT2D eigenvalue weighted by Crippen LogP contribution is -2.42. The number of carbonyl (C=O) groups excluding carboxylic acids is 1. The second-order valence-corrected chi connectivity index (χ2v) is 9.12. The summed E-state index contributed by atoms with van der Waals surface area (Å²) in [5.41, 5.74) is -0.177. The predicted octanol–water partition coefficient (Wildman–Crippen LogP) is 2.98. The van der Waals surface area contributed by atoms with Gasteiger partial charge in [0.25, 0.3) is 10.1 Å². The third-order valence-electron chi connectivity index (χ3n) is 6.20. The van der Waals surface area contributed by atoms with E-state index in [0.717, 1.165) is 12.0 Å². The highest BCUT2D eigenvalue weighted by Crippen LogP contribution is 2.66. The molecule has 3 rings (SSSR count). The summed E-state index contributed by atoms with van der Waals surface area (Å²) in [5.74, 6) is 0.420. The molecule has 0 radical (unpaired) electrons. The van der Waals surface area contributed by atoms with Crippen LogP contribution in [0.25, 0.3) is 6.08 Å².